The van der Waals surface area contributed by atoms with Crippen LogP contribution in [0.5, 0.6) is 11.5 Å². The van der Waals surface area contributed by atoms with Crippen LogP contribution in [0.1, 0.15) is 18.5 Å². The highest BCUT2D eigenvalue weighted by molar-refractivity contribution is 5.95. The predicted molar refractivity (Wildman–Crippen MR) is 99.9 cm³/mol. The van der Waals surface area contributed by atoms with Crippen molar-refractivity contribution in [2.75, 3.05) is 6.61 Å². The number of nitrogens with one attached hydrogen (secondary N) is 1. The van der Waals surface area contributed by atoms with Crippen LogP contribution in [-0.4, -0.2) is 33.8 Å². The van der Waals surface area contributed by atoms with Crippen LogP contribution < -0.4 is 4.74 Å². The van der Waals surface area contributed by atoms with E-state index in [0.717, 1.165) is 0 Å². The van der Waals surface area contributed by atoms with Crippen molar-refractivity contribution in [1.29, 1.82) is 5.41 Å². The lowest BCUT2D eigenvalue weighted by Crippen LogP contribution is -2.17. The average molecular weight is 405 g/mol. The summed E-state index contributed by atoms with van der Waals surface area (Å²) in [7, 11) is 0. The highest BCUT2D eigenvalue weighted by atomic mass is 19.4. The summed E-state index contributed by atoms with van der Waals surface area (Å²) in [5.41, 5.74) is 1.37. The highest BCUT2D eigenvalue weighted by Crippen LogP contribution is 2.29. The normalized spacial score (nSPS) is 12.4. The average Bonchev–Trinajstić information content (AvgIpc) is 3.20. The minimum atomic E-state index is -4.76. The Kier molecular flexibility index (Phi) is 5.76. The fourth-order valence-electron chi connectivity index (χ4n) is 2.65. The molecule has 0 fully saturated rings. The molecule has 6 nitrogen and oxygen atoms in total. The maximum Gasteiger partial charge on any atom is 0.573 e. The van der Waals surface area contributed by atoms with Crippen molar-refractivity contribution in [1.82, 2.24) is 9.78 Å². The molecule has 0 saturated heterocycles. The Labute approximate surface area is 164 Å². The summed E-state index contributed by atoms with van der Waals surface area (Å²) < 4.78 is 47.9. The van der Waals surface area contributed by atoms with Gasteiger partial charge in [0, 0.05) is 12.4 Å². The van der Waals surface area contributed by atoms with Crippen molar-refractivity contribution >= 4 is 5.90 Å². The second-order valence-electron chi connectivity index (χ2n) is 6.28. The van der Waals surface area contributed by atoms with Gasteiger partial charge in [-0.1, -0.05) is 18.2 Å². The third kappa shape index (κ3) is 5.28. The largest absolute Gasteiger partial charge is 0.573 e. The topological polar surface area (TPSA) is 80.4 Å². The van der Waals surface area contributed by atoms with E-state index in [0.29, 0.717) is 11.1 Å². The third-order valence-electron chi connectivity index (χ3n) is 4.11. The van der Waals surface area contributed by atoms with Crippen molar-refractivity contribution in [3.63, 3.8) is 0 Å². The van der Waals surface area contributed by atoms with Crippen LogP contribution in [0.2, 0.25) is 0 Å². The minimum absolute atomic E-state index is 0.114. The molecule has 0 spiro atoms. The summed E-state index contributed by atoms with van der Waals surface area (Å²) in [4.78, 5) is 0. The van der Waals surface area contributed by atoms with Gasteiger partial charge in [-0.25, -0.2) is 0 Å². The van der Waals surface area contributed by atoms with Crippen LogP contribution in [0, 0.1) is 5.41 Å². The molecule has 0 aliphatic rings. The van der Waals surface area contributed by atoms with Gasteiger partial charge in [-0.15, -0.1) is 13.2 Å². The second kappa shape index (κ2) is 8.26. The quantitative estimate of drug-likeness (QED) is 0.458. The molecule has 0 amide bonds. The molecular weight excluding hydrogens is 387 g/mol. The number of phenols is 1. The number of aromatic nitrogens is 2. The number of nitrogens with zero attached hydrogens (tertiary/aromatic N) is 2. The van der Waals surface area contributed by atoms with E-state index in [4.69, 9.17) is 10.1 Å². The summed E-state index contributed by atoms with van der Waals surface area (Å²) in [6.07, 6.45) is -1.34. The summed E-state index contributed by atoms with van der Waals surface area (Å²) >= 11 is 0. The Morgan fingerprint density at radius 3 is 2.48 bits per heavy atom. The van der Waals surface area contributed by atoms with Gasteiger partial charge in [0.2, 0.25) is 5.90 Å². The van der Waals surface area contributed by atoms with Crippen molar-refractivity contribution < 1.29 is 27.8 Å². The van der Waals surface area contributed by atoms with Crippen molar-refractivity contribution in [3.05, 3.63) is 66.5 Å². The molecule has 1 aromatic heterocycles. The Morgan fingerprint density at radius 2 is 1.86 bits per heavy atom. The molecule has 3 rings (SSSR count). The summed E-state index contributed by atoms with van der Waals surface area (Å²) in [6.45, 7) is 2.05. The van der Waals surface area contributed by atoms with Gasteiger partial charge >= 0.3 is 6.36 Å². The molecule has 1 unspecified atom stereocenters. The van der Waals surface area contributed by atoms with Gasteiger partial charge in [0.1, 0.15) is 18.1 Å². The summed E-state index contributed by atoms with van der Waals surface area (Å²) in [5, 5.41) is 22.3. The smallest absolute Gasteiger partial charge is 0.507 e. The lowest BCUT2D eigenvalue weighted by atomic mass is 10.0. The van der Waals surface area contributed by atoms with Crippen molar-refractivity contribution in [3.8, 4) is 22.6 Å². The molecule has 0 aliphatic heterocycles. The number of alkyl halides is 3. The van der Waals surface area contributed by atoms with Gasteiger partial charge in [0.25, 0.3) is 0 Å². The van der Waals surface area contributed by atoms with Gasteiger partial charge < -0.3 is 14.6 Å². The van der Waals surface area contributed by atoms with Crippen molar-refractivity contribution in [2.24, 2.45) is 0 Å². The molecule has 1 heterocycles. The molecule has 29 heavy (non-hydrogen) atoms. The van der Waals surface area contributed by atoms with Crippen LogP contribution in [-0.2, 0) is 4.74 Å². The fraction of sp³-hybridized carbons (Fsp3) is 0.200. The monoisotopic (exact) mass is 405 g/mol. The van der Waals surface area contributed by atoms with E-state index in [2.05, 4.69) is 9.84 Å². The number of rotatable bonds is 6. The maximum absolute atomic E-state index is 12.3. The molecule has 0 bridgehead atoms. The maximum atomic E-state index is 12.3. The molecule has 2 N–H and O–H groups in total. The number of benzene rings is 2. The first-order valence-corrected chi connectivity index (χ1v) is 8.63. The number of halogens is 3. The highest BCUT2D eigenvalue weighted by Gasteiger charge is 2.31. The first-order chi connectivity index (χ1) is 13.7. The van der Waals surface area contributed by atoms with Gasteiger partial charge in [0.05, 0.1) is 11.6 Å². The van der Waals surface area contributed by atoms with Crippen LogP contribution in [0.15, 0.2) is 60.9 Å². The number of hydrogen-bond donors (Lipinski definition) is 2. The van der Waals surface area contributed by atoms with Gasteiger partial charge in [-0.2, -0.15) is 5.10 Å². The van der Waals surface area contributed by atoms with E-state index in [1.54, 1.807) is 29.2 Å². The van der Waals surface area contributed by atoms with E-state index in [-0.39, 0.29) is 35.6 Å². The summed E-state index contributed by atoms with van der Waals surface area (Å²) in [5.74, 6) is -0.688. The zero-order valence-electron chi connectivity index (χ0n) is 15.3. The molecule has 9 heteroatoms. The molecule has 0 radical (unpaired) electrons. The molecule has 2 aromatic carbocycles. The van der Waals surface area contributed by atoms with Crippen LogP contribution in [0.3, 0.4) is 0 Å². The predicted octanol–water partition coefficient (Wildman–Crippen LogP) is 4.76. The standard InChI is InChI=1S/C20H18F3N3O3/c1-13(26-10-2-9-25-26)12-28-19(24)17-11-15(5-8-18(17)27)14-3-6-16(7-4-14)29-20(21,22)23/h2-11,13,24,27H,12H2,1H3. The Morgan fingerprint density at radius 1 is 1.17 bits per heavy atom. The second-order valence-corrected chi connectivity index (χ2v) is 6.28. The Hall–Kier alpha value is -3.49. The third-order valence-corrected chi connectivity index (χ3v) is 4.11. The van der Waals surface area contributed by atoms with Crippen molar-refractivity contribution in [2.45, 2.75) is 19.3 Å². The number of aromatic hydroxyl groups is 1. The van der Waals surface area contributed by atoms with E-state index in [9.17, 15) is 18.3 Å². The molecule has 152 valence electrons. The first kappa shape index (κ1) is 20.2. The lowest BCUT2D eigenvalue weighted by molar-refractivity contribution is -0.274. The summed E-state index contributed by atoms with van der Waals surface area (Å²) in [6, 6.07) is 11.5. The van der Waals surface area contributed by atoms with Gasteiger partial charge in [-0.3, -0.25) is 10.1 Å². The molecule has 1 atom stereocenters. The van der Waals surface area contributed by atoms with Crippen LogP contribution in [0.4, 0.5) is 13.2 Å². The fourth-order valence-corrected chi connectivity index (χ4v) is 2.65. The Bertz CT molecular complexity index is 971. The van der Waals surface area contributed by atoms with E-state index in [1.807, 2.05) is 6.92 Å². The zero-order chi connectivity index (χ0) is 21.0. The molecule has 0 aliphatic carbocycles. The Balaban J connectivity index is 1.73. The van der Waals surface area contributed by atoms with E-state index >= 15 is 0 Å². The van der Waals surface area contributed by atoms with Crippen LogP contribution in [0.25, 0.3) is 11.1 Å². The number of phenolic OH excluding ortho intramolecular Hbond substituents is 1. The molecule has 3 aromatic rings. The molecule has 0 saturated carbocycles. The first-order valence-electron chi connectivity index (χ1n) is 8.63. The van der Waals surface area contributed by atoms with Gasteiger partial charge in [0.15, 0.2) is 0 Å². The minimum Gasteiger partial charge on any atom is -0.507 e. The lowest BCUT2D eigenvalue weighted by Gasteiger charge is -2.15. The van der Waals surface area contributed by atoms with E-state index in [1.165, 1.54) is 36.4 Å². The van der Waals surface area contributed by atoms with E-state index < -0.39 is 6.36 Å². The van der Waals surface area contributed by atoms with Gasteiger partial charge in [-0.05, 0) is 48.4 Å². The van der Waals surface area contributed by atoms with Crippen LogP contribution >= 0.6 is 0 Å². The SMILES string of the molecule is CC(COC(=N)c1cc(-c2ccc(OC(F)(F)F)cc2)ccc1O)n1cccn1. The number of ether oxygens (including phenoxy) is 2. The zero-order valence-corrected chi connectivity index (χ0v) is 15.3. The number of hydrogen-bond acceptors (Lipinski definition) is 5. The molecular formula is C20H18F3N3O3.